The molecule has 1 fully saturated rings. The molecule has 0 radical (unpaired) electrons. The summed E-state index contributed by atoms with van der Waals surface area (Å²) in [7, 11) is 1.67. The standard InChI is InChI=1S/C27H36N6O2/c1-3-4-18-35-24-16-12-22(13-17-24)30-27-32-25(28-19-20-10-14-23(34-2)15-11-20)31-26(33-27)29-21-8-6-5-7-9-21/h10-17,21H,3-9,18-19H2,1-2H3,(H3,28,29,30,31,32,33). The van der Waals surface area contributed by atoms with Crippen molar-refractivity contribution >= 4 is 23.5 Å². The molecule has 0 aliphatic heterocycles. The van der Waals surface area contributed by atoms with Gasteiger partial charge in [0.2, 0.25) is 17.8 Å². The van der Waals surface area contributed by atoms with Gasteiger partial charge in [-0.05, 0) is 61.2 Å². The molecule has 1 aromatic heterocycles. The van der Waals surface area contributed by atoms with Crippen molar-refractivity contribution in [1.82, 2.24) is 15.0 Å². The zero-order valence-electron chi connectivity index (χ0n) is 20.7. The number of anilines is 4. The SMILES string of the molecule is CCCCOc1ccc(Nc2nc(NCc3ccc(OC)cc3)nc(NC3CCCCC3)n2)cc1. The third-order valence-electron chi connectivity index (χ3n) is 6.06. The minimum atomic E-state index is 0.396. The number of rotatable bonds is 12. The first kappa shape index (κ1) is 24.6. The number of aromatic nitrogens is 3. The van der Waals surface area contributed by atoms with Crippen molar-refractivity contribution in [3.8, 4) is 11.5 Å². The van der Waals surface area contributed by atoms with E-state index in [1.165, 1.54) is 19.3 Å². The summed E-state index contributed by atoms with van der Waals surface area (Å²) in [6, 6.07) is 16.2. The van der Waals surface area contributed by atoms with Gasteiger partial charge in [-0.3, -0.25) is 0 Å². The van der Waals surface area contributed by atoms with Gasteiger partial charge in [-0.15, -0.1) is 0 Å². The zero-order chi connectivity index (χ0) is 24.3. The summed E-state index contributed by atoms with van der Waals surface area (Å²) >= 11 is 0. The monoisotopic (exact) mass is 476 g/mol. The first-order valence-corrected chi connectivity index (χ1v) is 12.6. The minimum Gasteiger partial charge on any atom is -0.497 e. The Labute approximate surface area is 207 Å². The number of ether oxygens (including phenoxy) is 2. The summed E-state index contributed by atoms with van der Waals surface area (Å²) in [5, 5.41) is 10.2. The number of methoxy groups -OCH3 is 1. The first-order valence-electron chi connectivity index (χ1n) is 12.6. The van der Waals surface area contributed by atoms with Gasteiger partial charge in [0.1, 0.15) is 11.5 Å². The van der Waals surface area contributed by atoms with Crippen LogP contribution in [-0.2, 0) is 6.54 Å². The molecule has 1 aliphatic carbocycles. The zero-order valence-corrected chi connectivity index (χ0v) is 20.7. The molecule has 3 aromatic rings. The molecule has 0 atom stereocenters. The van der Waals surface area contributed by atoms with Crippen molar-refractivity contribution in [2.75, 3.05) is 29.7 Å². The van der Waals surface area contributed by atoms with E-state index in [4.69, 9.17) is 9.47 Å². The second kappa shape index (κ2) is 12.8. The maximum absolute atomic E-state index is 5.77. The van der Waals surface area contributed by atoms with Crippen molar-refractivity contribution in [3.05, 3.63) is 54.1 Å². The average Bonchev–Trinajstić information content (AvgIpc) is 2.89. The summed E-state index contributed by atoms with van der Waals surface area (Å²) in [5.74, 6) is 3.31. The third-order valence-corrected chi connectivity index (χ3v) is 6.06. The summed E-state index contributed by atoms with van der Waals surface area (Å²) in [6.45, 7) is 3.48. The molecule has 186 valence electrons. The largest absolute Gasteiger partial charge is 0.497 e. The molecule has 2 aromatic carbocycles. The van der Waals surface area contributed by atoms with E-state index in [-0.39, 0.29) is 0 Å². The lowest BCUT2D eigenvalue weighted by Crippen LogP contribution is -2.24. The molecule has 0 bridgehead atoms. The molecule has 0 unspecified atom stereocenters. The number of hydrogen-bond acceptors (Lipinski definition) is 8. The van der Waals surface area contributed by atoms with Crippen molar-refractivity contribution < 1.29 is 9.47 Å². The summed E-state index contributed by atoms with van der Waals surface area (Å²) in [4.78, 5) is 13.9. The lowest BCUT2D eigenvalue weighted by Gasteiger charge is -2.23. The van der Waals surface area contributed by atoms with Crippen LogP contribution in [0.5, 0.6) is 11.5 Å². The topological polar surface area (TPSA) is 93.2 Å². The van der Waals surface area contributed by atoms with Crippen molar-refractivity contribution in [1.29, 1.82) is 0 Å². The van der Waals surface area contributed by atoms with Gasteiger partial charge in [0.25, 0.3) is 0 Å². The highest BCUT2D eigenvalue weighted by Crippen LogP contribution is 2.23. The second-order valence-corrected chi connectivity index (χ2v) is 8.84. The Morgan fingerprint density at radius 2 is 1.51 bits per heavy atom. The van der Waals surface area contributed by atoms with Gasteiger partial charge >= 0.3 is 0 Å². The summed E-state index contributed by atoms with van der Waals surface area (Å²) in [5.41, 5.74) is 2.00. The molecule has 8 heteroatoms. The van der Waals surface area contributed by atoms with E-state index in [1.807, 2.05) is 48.5 Å². The highest BCUT2D eigenvalue weighted by Gasteiger charge is 2.16. The maximum atomic E-state index is 5.77. The van der Waals surface area contributed by atoms with Gasteiger partial charge in [-0.1, -0.05) is 44.7 Å². The Kier molecular flexibility index (Phi) is 8.98. The molecular formula is C27H36N6O2. The molecule has 35 heavy (non-hydrogen) atoms. The number of hydrogen-bond donors (Lipinski definition) is 3. The van der Waals surface area contributed by atoms with Crippen LogP contribution in [0.3, 0.4) is 0 Å². The predicted molar refractivity (Wildman–Crippen MR) is 141 cm³/mol. The number of nitrogens with one attached hydrogen (secondary N) is 3. The molecule has 1 aliphatic rings. The van der Waals surface area contributed by atoms with Crippen LogP contribution in [-0.4, -0.2) is 34.7 Å². The van der Waals surface area contributed by atoms with E-state index in [1.54, 1.807) is 7.11 Å². The van der Waals surface area contributed by atoms with Crippen LogP contribution < -0.4 is 25.4 Å². The lowest BCUT2D eigenvalue weighted by atomic mass is 9.96. The van der Waals surface area contributed by atoms with E-state index < -0.39 is 0 Å². The van der Waals surface area contributed by atoms with E-state index in [2.05, 4.69) is 37.8 Å². The third kappa shape index (κ3) is 7.73. The second-order valence-electron chi connectivity index (χ2n) is 8.84. The Bertz CT molecular complexity index is 1040. The van der Waals surface area contributed by atoms with Crippen LogP contribution in [0.25, 0.3) is 0 Å². The van der Waals surface area contributed by atoms with Gasteiger partial charge in [-0.25, -0.2) is 0 Å². The average molecular weight is 477 g/mol. The smallest absolute Gasteiger partial charge is 0.233 e. The highest BCUT2D eigenvalue weighted by atomic mass is 16.5. The van der Waals surface area contributed by atoms with Crippen LogP contribution in [0, 0.1) is 0 Å². The minimum absolute atomic E-state index is 0.396. The van der Waals surface area contributed by atoms with Crippen molar-refractivity contribution in [2.45, 2.75) is 64.5 Å². The summed E-state index contributed by atoms with van der Waals surface area (Å²) < 4.78 is 11.0. The number of benzene rings is 2. The molecule has 1 saturated carbocycles. The molecule has 0 spiro atoms. The molecule has 4 rings (SSSR count). The molecule has 0 saturated heterocycles. The van der Waals surface area contributed by atoms with Gasteiger partial charge in [0, 0.05) is 18.3 Å². The molecular weight excluding hydrogens is 440 g/mol. The first-order chi connectivity index (χ1) is 17.2. The highest BCUT2D eigenvalue weighted by molar-refractivity contribution is 5.56. The predicted octanol–water partition coefficient (Wildman–Crippen LogP) is 6.16. The molecule has 8 nitrogen and oxygen atoms in total. The van der Waals surface area contributed by atoms with Gasteiger partial charge in [0.05, 0.1) is 13.7 Å². The van der Waals surface area contributed by atoms with Crippen LogP contribution in [0.1, 0.15) is 57.4 Å². The summed E-state index contributed by atoms with van der Waals surface area (Å²) in [6.07, 6.45) is 8.23. The quantitative estimate of drug-likeness (QED) is 0.268. The Morgan fingerprint density at radius 3 is 2.23 bits per heavy atom. The molecule has 3 N–H and O–H groups in total. The Morgan fingerprint density at radius 1 is 0.829 bits per heavy atom. The molecule has 1 heterocycles. The van der Waals surface area contributed by atoms with E-state index in [9.17, 15) is 0 Å². The normalized spacial score (nSPS) is 13.8. The van der Waals surface area contributed by atoms with Crippen LogP contribution in [0.15, 0.2) is 48.5 Å². The Balaban J connectivity index is 1.46. The lowest BCUT2D eigenvalue weighted by molar-refractivity contribution is 0.309. The van der Waals surface area contributed by atoms with E-state index in [0.29, 0.717) is 30.4 Å². The van der Waals surface area contributed by atoms with Crippen molar-refractivity contribution in [3.63, 3.8) is 0 Å². The van der Waals surface area contributed by atoms with E-state index >= 15 is 0 Å². The van der Waals surface area contributed by atoms with Gasteiger partial charge in [0.15, 0.2) is 0 Å². The Hall–Kier alpha value is -3.55. The van der Waals surface area contributed by atoms with Gasteiger partial charge in [-0.2, -0.15) is 15.0 Å². The van der Waals surface area contributed by atoms with Crippen LogP contribution in [0.2, 0.25) is 0 Å². The van der Waals surface area contributed by atoms with Crippen LogP contribution >= 0.6 is 0 Å². The fourth-order valence-electron chi connectivity index (χ4n) is 4.03. The van der Waals surface area contributed by atoms with E-state index in [0.717, 1.165) is 55.0 Å². The molecule has 0 amide bonds. The van der Waals surface area contributed by atoms with Crippen LogP contribution in [0.4, 0.5) is 23.5 Å². The van der Waals surface area contributed by atoms with Gasteiger partial charge < -0.3 is 25.4 Å². The fourth-order valence-corrected chi connectivity index (χ4v) is 4.03. The fraction of sp³-hybridized carbons (Fsp3) is 0.444. The number of nitrogens with zero attached hydrogens (tertiary/aromatic N) is 3. The van der Waals surface area contributed by atoms with Crippen molar-refractivity contribution in [2.24, 2.45) is 0 Å². The maximum Gasteiger partial charge on any atom is 0.233 e. The number of unbranched alkanes of at least 4 members (excludes halogenated alkanes) is 1.